The minimum absolute atomic E-state index is 0.0243. The fourth-order valence-corrected chi connectivity index (χ4v) is 2.68. The van der Waals surface area contributed by atoms with Crippen molar-refractivity contribution in [2.75, 3.05) is 5.73 Å². The molecule has 2 aliphatic carbocycles. The number of rotatable bonds is 0. The summed E-state index contributed by atoms with van der Waals surface area (Å²) in [7, 11) is 0. The molecule has 0 saturated carbocycles. The van der Waals surface area contributed by atoms with E-state index >= 15 is 0 Å². The van der Waals surface area contributed by atoms with Gasteiger partial charge in [0.2, 0.25) is 5.79 Å². The third-order valence-corrected chi connectivity index (χ3v) is 4.03. The molecule has 0 unspecified atom stereocenters. The number of halogens is 1. The molecule has 7 heteroatoms. The van der Waals surface area contributed by atoms with E-state index in [1.165, 1.54) is 12.1 Å². The first-order chi connectivity index (χ1) is 9.74. The van der Waals surface area contributed by atoms with Gasteiger partial charge in [0.25, 0.3) is 0 Å². The van der Waals surface area contributed by atoms with Gasteiger partial charge >= 0.3 is 0 Å². The molecule has 0 heterocycles. The molecule has 0 saturated heterocycles. The summed E-state index contributed by atoms with van der Waals surface area (Å²) in [4.78, 5) is 24.9. The second-order valence-corrected chi connectivity index (χ2v) is 5.36. The summed E-state index contributed by atoms with van der Waals surface area (Å²) in [5.74, 6) is -3.81. The number of hydrogen-bond donors (Lipinski definition) is 4. The molecule has 2 aliphatic rings. The molecular formula is C14H10ClNO5. The summed E-state index contributed by atoms with van der Waals surface area (Å²) >= 11 is 5.72. The van der Waals surface area contributed by atoms with Crippen LogP contribution in [-0.4, -0.2) is 32.7 Å². The summed E-state index contributed by atoms with van der Waals surface area (Å²) in [5.41, 5.74) is 5.34. The standard InChI is InChI=1S/C14H10ClNO5/c15-9-3-6-7(4-14(9,20)21)12(18)5-1-2-8(17)11(16)10(5)13(6)19/h1-3,17,20-21H,4,16H2. The van der Waals surface area contributed by atoms with E-state index in [-0.39, 0.29) is 38.7 Å². The van der Waals surface area contributed by atoms with Crippen LogP contribution in [0.5, 0.6) is 5.75 Å². The van der Waals surface area contributed by atoms with Crippen molar-refractivity contribution >= 4 is 28.9 Å². The smallest absolute Gasteiger partial charge is 0.205 e. The molecule has 6 nitrogen and oxygen atoms in total. The number of aliphatic hydroxyl groups is 2. The lowest BCUT2D eigenvalue weighted by molar-refractivity contribution is -0.121. The molecular weight excluding hydrogens is 298 g/mol. The third kappa shape index (κ3) is 1.80. The number of anilines is 1. The van der Waals surface area contributed by atoms with Crippen LogP contribution in [0.3, 0.4) is 0 Å². The zero-order chi connectivity index (χ0) is 15.5. The van der Waals surface area contributed by atoms with Crippen molar-refractivity contribution in [2.24, 2.45) is 0 Å². The fourth-order valence-electron chi connectivity index (χ4n) is 2.50. The molecule has 1 aromatic rings. The average molecular weight is 308 g/mol. The highest BCUT2D eigenvalue weighted by atomic mass is 35.5. The number of hydrogen-bond acceptors (Lipinski definition) is 6. The van der Waals surface area contributed by atoms with Gasteiger partial charge in [0.15, 0.2) is 11.6 Å². The lowest BCUT2D eigenvalue weighted by atomic mass is 9.78. The van der Waals surface area contributed by atoms with Crippen molar-refractivity contribution in [3.05, 3.63) is 45.5 Å². The Balaban J connectivity index is 2.27. The molecule has 0 radical (unpaired) electrons. The topological polar surface area (TPSA) is 121 Å². The normalized spacial score (nSPS) is 20.0. The number of allylic oxidation sites excluding steroid dienone is 2. The van der Waals surface area contributed by atoms with Crippen LogP contribution in [-0.2, 0) is 0 Å². The monoisotopic (exact) mass is 307 g/mol. The maximum Gasteiger partial charge on any atom is 0.205 e. The van der Waals surface area contributed by atoms with Gasteiger partial charge in [-0.1, -0.05) is 11.6 Å². The Kier molecular flexibility index (Phi) is 2.75. The fraction of sp³-hybridized carbons (Fsp3) is 0.143. The predicted molar refractivity (Wildman–Crippen MR) is 73.9 cm³/mol. The van der Waals surface area contributed by atoms with E-state index in [0.29, 0.717) is 0 Å². The van der Waals surface area contributed by atoms with E-state index in [4.69, 9.17) is 17.3 Å². The van der Waals surface area contributed by atoms with Crippen molar-refractivity contribution in [1.29, 1.82) is 0 Å². The Morgan fingerprint density at radius 2 is 1.86 bits per heavy atom. The van der Waals surface area contributed by atoms with Crippen molar-refractivity contribution in [3.8, 4) is 5.75 Å². The van der Waals surface area contributed by atoms with Gasteiger partial charge in [-0.15, -0.1) is 0 Å². The number of phenols is 1. The van der Waals surface area contributed by atoms with Crippen molar-refractivity contribution in [1.82, 2.24) is 0 Å². The molecule has 0 fully saturated rings. The minimum Gasteiger partial charge on any atom is -0.506 e. The Bertz CT molecular complexity index is 776. The van der Waals surface area contributed by atoms with Crippen LogP contribution in [0.15, 0.2) is 34.4 Å². The highest BCUT2D eigenvalue weighted by molar-refractivity contribution is 6.34. The van der Waals surface area contributed by atoms with Gasteiger partial charge in [-0.25, -0.2) is 0 Å². The summed E-state index contributed by atoms with van der Waals surface area (Å²) in [6.07, 6.45) is 0.565. The van der Waals surface area contributed by atoms with Gasteiger partial charge in [0.05, 0.1) is 16.3 Å². The van der Waals surface area contributed by atoms with Crippen LogP contribution in [0, 0.1) is 0 Å². The van der Waals surface area contributed by atoms with Crippen LogP contribution in [0.25, 0.3) is 0 Å². The SMILES string of the molecule is Nc1c(O)ccc2c1C(=O)C1=C(CC(O)(O)C(Cl)=C1)C2=O. The van der Waals surface area contributed by atoms with E-state index in [9.17, 15) is 24.9 Å². The molecule has 21 heavy (non-hydrogen) atoms. The lowest BCUT2D eigenvalue weighted by Crippen LogP contribution is -2.36. The van der Waals surface area contributed by atoms with E-state index in [1.807, 2.05) is 0 Å². The average Bonchev–Trinajstić information content (AvgIpc) is 2.41. The first kappa shape index (κ1) is 13.8. The number of nitrogens with two attached hydrogens (primary N) is 1. The molecule has 0 spiro atoms. The maximum absolute atomic E-state index is 12.5. The quantitative estimate of drug-likeness (QED) is 0.320. The summed E-state index contributed by atoms with van der Waals surface area (Å²) in [6.45, 7) is 0. The molecule has 0 aliphatic heterocycles. The Morgan fingerprint density at radius 1 is 1.19 bits per heavy atom. The van der Waals surface area contributed by atoms with Gasteiger partial charge < -0.3 is 21.1 Å². The molecule has 0 amide bonds. The van der Waals surface area contributed by atoms with Crippen LogP contribution < -0.4 is 5.73 Å². The Labute approximate surface area is 123 Å². The van der Waals surface area contributed by atoms with Gasteiger partial charge in [0.1, 0.15) is 5.75 Å². The number of fused-ring (bicyclic) bond motifs is 1. The van der Waals surface area contributed by atoms with Crippen LogP contribution in [0.4, 0.5) is 5.69 Å². The van der Waals surface area contributed by atoms with E-state index in [2.05, 4.69) is 0 Å². The highest BCUT2D eigenvalue weighted by Gasteiger charge is 2.42. The molecule has 0 bridgehead atoms. The highest BCUT2D eigenvalue weighted by Crippen LogP contribution is 2.42. The molecule has 1 aromatic carbocycles. The molecule has 108 valence electrons. The van der Waals surface area contributed by atoms with Crippen molar-refractivity contribution in [2.45, 2.75) is 12.2 Å². The van der Waals surface area contributed by atoms with Gasteiger partial charge in [-0.05, 0) is 18.2 Å². The number of Topliss-reactive ketones (excluding diaryl/α,β-unsaturated/α-hetero) is 2. The number of nitrogen functional groups attached to an aromatic ring is 1. The maximum atomic E-state index is 12.5. The Hall–Kier alpha value is -2.15. The summed E-state index contributed by atoms with van der Waals surface area (Å²) in [5, 5.41) is 28.7. The molecule has 0 atom stereocenters. The van der Waals surface area contributed by atoms with E-state index in [0.717, 1.165) is 6.08 Å². The summed E-state index contributed by atoms with van der Waals surface area (Å²) in [6, 6.07) is 2.49. The molecule has 5 N–H and O–H groups in total. The number of phenolic OH excluding ortho intramolecular Hbond substituents is 1. The lowest BCUT2D eigenvalue weighted by Gasteiger charge is -2.30. The van der Waals surface area contributed by atoms with Gasteiger partial charge in [-0.3, -0.25) is 9.59 Å². The number of aromatic hydroxyl groups is 1. The first-order valence-corrected chi connectivity index (χ1v) is 6.38. The third-order valence-electron chi connectivity index (χ3n) is 3.61. The van der Waals surface area contributed by atoms with Gasteiger partial charge in [-0.2, -0.15) is 0 Å². The van der Waals surface area contributed by atoms with Crippen molar-refractivity contribution in [3.63, 3.8) is 0 Å². The number of ketones is 2. The second-order valence-electron chi connectivity index (χ2n) is 4.96. The zero-order valence-corrected chi connectivity index (χ0v) is 11.3. The number of carbonyl (C=O) groups is 2. The molecule has 0 aromatic heterocycles. The largest absolute Gasteiger partial charge is 0.506 e. The Morgan fingerprint density at radius 3 is 2.52 bits per heavy atom. The van der Waals surface area contributed by atoms with Crippen LogP contribution >= 0.6 is 11.6 Å². The van der Waals surface area contributed by atoms with E-state index < -0.39 is 23.8 Å². The van der Waals surface area contributed by atoms with Crippen molar-refractivity contribution < 1.29 is 24.9 Å². The second kappa shape index (κ2) is 4.17. The zero-order valence-electron chi connectivity index (χ0n) is 10.6. The molecule has 3 rings (SSSR count). The predicted octanol–water partition coefficient (Wildman–Crippen LogP) is 0.857. The minimum atomic E-state index is -2.38. The number of benzene rings is 1. The van der Waals surface area contributed by atoms with E-state index in [1.54, 1.807) is 0 Å². The van der Waals surface area contributed by atoms with Crippen LogP contribution in [0.1, 0.15) is 27.1 Å². The summed E-state index contributed by atoms with van der Waals surface area (Å²) < 4.78 is 0. The van der Waals surface area contributed by atoms with Crippen LogP contribution in [0.2, 0.25) is 0 Å². The first-order valence-electron chi connectivity index (χ1n) is 6.00. The number of carbonyl (C=O) groups excluding carboxylic acids is 2. The van der Waals surface area contributed by atoms with Gasteiger partial charge in [0, 0.05) is 23.1 Å².